The number of benzene rings is 1. The molecule has 22 heavy (non-hydrogen) atoms. The molecule has 1 atom stereocenters. The Balaban J connectivity index is 2.32. The number of rotatable bonds is 5. The molecule has 0 saturated carbocycles. The van der Waals surface area contributed by atoms with Crippen molar-refractivity contribution in [2.45, 2.75) is 12.5 Å². The summed E-state index contributed by atoms with van der Waals surface area (Å²) in [5.74, 6) is 0.503. The second-order valence-corrected chi connectivity index (χ2v) is 4.74. The molecule has 7 nitrogen and oxygen atoms in total. The minimum Gasteiger partial charge on any atom is -0.493 e. The summed E-state index contributed by atoms with van der Waals surface area (Å²) in [4.78, 5) is 25.6. The normalized spacial score (nSPS) is 16.5. The van der Waals surface area contributed by atoms with Crippen molar-refractivity contribution in [2.75, 3.05) is 35.0 Å². The van der Waals surface area contributed by atoms with Crippen molar-refractivity contribution in [2.24, 2.45) is 0 Å². The predicted octanol–water partition coefficient (Wildman–Crippen LogP) is 1.10. The average molecular weight is 309 g/mol. The largest absolute Gasteiger partial charge is 0.493 e. The summed E-state index contributed by atoms with van der Waals surface area (Å²) < 4.78 is 20.4. The van der Waals surface area contributed by atoms with Crippen LogP contribution in [0.5, 0.6) is 17.2 Å². The molecular formula is C15H19NO6. The van der Waals surface area contributed by atoms with Gasteiger partial charge in [0.1, 0.15) is 6.04 Å². The van der Waals surface area contributed by atoms with E-state index in [0.717, 1.165) is 0 Å². The number of nitrogens with zero attached hydrogens (tertiary/aromatic N) is 1. The molecule has 0 bridgehead atoms. The minimum atomic E-state index is -0.531. The van der Waals surface area contributed by atoms with Crippen molar-refractivity contribution in [3.63, 3.8) is 0 Å². The maximum Gasteiger partial charge on any atom is 0.328 e. The van der Waals surface area contributed by atoms with Crippen LogP contribution in [0.3, 0.4) is 0 Å². The van der Waals surface area contributed by atoms with Crippen LogP contribution in [0.2, 0.25) is 0 Å². The number of likely N-dealkylation sites (tertiary alicyclic amines) is 1. The van der Waals surface area contributed by atoms with E-state index >= 15 is 0 Å². The first-order chi connectivity index (χ1) is 10.6. The van der Waals surface area contributed by atoms with E-state index in [1.54, 1.807) is 12.1 Å². The van der Waals surface area contributed by atoms with Crippen molar-refractivity contribution in [1.82, 2.24) is 4.90 Å². The molecule has 1 aromatic carbocycles. The maximum atomic E-state index is 12.6. The number of hydrogen-bond donors (Lipinski definition) is 0. The van der Waals surface area contributed by atoms with Gasteiger partial charge in [0.2, 0.25) is 5.75 Å². The molecule has 0 aliphatic carbocycles. The van der Waals surface area contributed by atoms with E-state index in [9.17, 15) is 9.59 Å². The number of amides is 1. The molecule has 1 aromatic rings. The molecule has 0 spiro atoms. The zero-order valence-corrected chi connectivity index (χ0v) is 13.0. The highest BCUT2D eigenvalue weighted by Crippen LogP contribution is 2.39. The number of ether oxygens (including phenoxy) is 4. The van der Waals surface area contributed by atoms with E-state index in [2.05, 4.69) is 0 Å². The van der Waals surface area contributed by atoms with E-state index in [-0.39, 0.29) is 5.91 Å². The zero-order valence-electron chi connectivity index (χ0n) is 13.0. The third-order valence-electron chi connectivity index (χ3n) is 3.67. The lowest BCUT2D eigenvalue weighted by Gasteiger charge is -2.38. The van der Waals surface area contributed by atoms with Gasteiger partial charge in [-0.3, -0.25) is 4.79 Å². The fourth-order valence-corrected chi connectivity index (χ4v) is 2.38. The van der Waals surface area contributed by atoms with E-state index in [4.69, 9.17) is 18.9 Å². The number of hydrogen-bond acceptors (Lipinski definition) is 6. The van der Waals surface area contributed by atoms with Gasteiger partial charge in [-0.1, -0.05) is 0 Å². The van der Waals surface area contributed by atoms with Gasteiger partial charge in [0, 0.05) is 12.1 Å². The van der Waals surface area contributed by atoms with Crippen LogP contribution in [0.25, 0.3) is 0 Å². The zero-order chi connectivity index (χ0) is 16.3. The highest BCUT2D eigenvalue weighted by atomic mass is 16.5. The topological polar surface area (TPSA) is 74.3 Å². The second-order valence-electron chi connectivity index (χ2n) is 4.74. The van der Waals surface area contributed by atoms with Gasteiger partial charge in [-0.25, -0.2) is 4.79 Å². The van der Waals surface area contributed by atoms with Crippen LogP contribution in [0.15, 0.2) is 12.1 Å². The first-order valence-corrected chi connectivity index (χ1v) is 6.76. The molecule has 1 amide bonds. The van der Waals surface area contributed by atoms with Gasteiger partial charge in [-0.2, -0.15) is 0 Å². The summed E-state index contributed by atoms with van der Waals surface area (Å²) in [6.45, 7) is 0.509. The van der Waals surface area contributed by atoms with E-state index < -0.39 is 12.0 Å². The molecule has 1 aliphatic heterocycles. The molecular weight excluding hydrogens is 290 g/mol. The number of methoxy groups -OCH3 is 4. The summed E-state index contributed by atoms with van der Waals surface area (Å²) >= 11 is 0. The highest BCUT2D eigenvalue weighted by molar-refractivity contribution is 5.98. The Bertz CT molecular complexity index is 560. The minimum absolute atomic E-state index is 0.277. The predicted molar refractivity (Wildman–Crippen MR) is 77.6 cm³/mol. The molecule has 0 N–H and O–H groups in total. The Hall–Kier alpha value is -2.44. The quantitative estimate of drug-likeness (QED) is 0.758. The van der Waals surface area contributed by atoms with Gasteiger partial charge in [-0.05, 0) is 18.6 Å². The monoisotopic (exact) mass is 309 g/mol. The number of esters is 1. The maximum absolute atomic E-state index is 12.6. The van der Waals surface area contributed by atoms with Crippen LogP contribution in [-0.2, 0) is 9.53 Å². The average Bonchev–Trinajstić information content (AvgIpc) is 2.51. The van der Waals surface area contributed by atoms with Crippen LogP contribution in [-0.4, -0.2) is 57.8 Å². The van der Waals surface area contributed by atoms with E-state index in [1.165, 1.54) is 33.3 Å². The lowest BCUT2D eigenvalue weighted by Crippen LogP contribution is -2.55. The molecule has 1 saturated heterocycles. The SMILES string of the molecule is COC(=O)C1CCN1C(=O)c1cc(OC)c(OC)c(OC)c1. The summed E-state index contributed by atoms with van der Waals surface area (Å²) in [7, 11) is 5.76. The van der Waals surface area contributed by atoms with Crippen molar-refractivity contribution >= 4 is 11.9 Å². The second kappa shape index (κ2) is 6.55. The summed E-state index contributed by atoms with van der Waals surface area (Å²) in [6, 6.07) is 2.60. The van der Waals surface area contributed by atoms with Crippen molar-refractivity contribution in [1.29, 1.82) is 0 Å². The third kappa shape index (κ3) is 2.66. The summed E-state index contributed by atoms with van der Waals surface area (Å²) in [6.07, 6.45) is 0.600. The van der Waals surface area contributed by atoms with Crippen LogP contribution in [0, 0.1) is 0 Å². The fraction of sp³-hybridized carbons (Fsp3) is 0.467. The standard InChI is InChI=1S/C15H19NO6/c1-19-11-7-9(8-12(20-2)13(11)21-3)14(17)16-6-5-10(16)15(18)22-4/h7-8,10H,5-6H2,1-4H3. The molecule has 0 aromatic heterocycles. The molecule has 120 valence electrons. The van der Waals surface area contributed by atoms with Crippen LogP contribution in [0.1, 0.15) is 16.8 Å². The smallest absolute Gasteiger partial charge is 0.328 e. The summed E-state index contributed by atoms with van der Waals surface area (Å²) in [5, 5.41) is 0. The highest BCUT2D eigenvalue weighted by Gasteiger charge is 2.39. The van der Waals surface area contributed by atoms with Gasteiger partial charge in [-0.15, -0.1) is 0 Å². The van der Waals surface area contributed by atoms with Crippen LogP contribution < -0.4 is 14.2 Å². The molecule has 7 heteroatoms. The van der Waals surface area contributed by atoms with E-state index in [1.807, 2.05) is 0 Å². The van der Waals surface area contributed by atoms with Crippen LogP contribution in [0.4, 0.5) is 0 Å². The Morgan fingerprint density at radius 3 is 2.00 bits per heavy atom. The van der Waals surface area contributed by atoms with Gasteiger partial charge in [0.05, 0.1) is 28.4 Å². The van der Waals surface area contributed by atoms with Crippen molar-refractivity contribution in [3.8, 4) is 17.2 Å². The Morgan fingerprint density at radius 1 is 1.05 bits per heavy atom. The first-order valence-electron chi connectivity index (χ1n) is 6.76. The summed E-state index contributed by atoms with van der Waals surface area (Å²) in [5.41, 5.74) is 0.364. The molecule has 2 rings (SSSR count). The Labute approximate surface area is 128 Å². The Morgan fingerprint density at radius 2 is 1.64 bits per heavy atom. The molecule has 0 radical (unpaired) electrons. The van der Waals surface area contributed by atoms with Crippen LogP contribution >= 0.6 is 0 Å². The van der Waals surface area contributed by atoms with Gasteiger partial charge in [0.25, 0.3) is 5.91 Å². The molecule has 1 unspecified atom stereocenters. The third-order valence-corrected chi connectivity index (χ3v) is 3.67. The number of carbonyl (C=O) groups is 2. The first kappa shape index (κ1) is 15.9. The van der Waals surface area contributed by atoms with Gasteiger partial charge >= 0.3 is 5.97 Å². The molecule has 1 heterocycles. The van der Waals surface area contributed by atoms with Crippen molar-refractivity contribution < 1.29 is 28.5 Å². The van der Waals surface area contributed by atoms with E-state index in [0.29, 0.717) is 35.8 Å². The fourth-order valence-electron chi connectivity index (χ4n) is 2.38. The number of carbonyl (C=O) groups excluding carboxylic acids is 2. The lowest BCUT2D eigenvalue weighted by molar-refractivity contribution is -0.149. The Kier molecular flexibility index (Phi) is 4.75. The lowest BCUT2D eigenvalue weighted by atomic mass is 10.0. The molecule has 1 aliphatic rings. The van der Waals surface area contributed by atoms with Gasteiger partial charge in [0.15, 0.2) is 11.5 Å². The van der Waals surface area contributed by atoms with Crippen molar-refractivity contribution in [3.05, 3.63) is 17.7 Å². The van der Waals surface area contributed by atoms with Gasteiger partial charge < -0.3 is 23.8 Å². The molecule has 1 fully saturated rings.